The summed E-state index contributed by atoms with van der Waals surface area (Å²) in [4.78, 5) is 22.9. The number of nitrogens with two attached hydrogens (primary N) is 1. The molecule has 118 valence electrons. The Bertz CT molecular complexity index is 318. The van der Waals surface area contributed by atoms with E-state index in [1.165, 1.54) is 0 Å². The Hall–Kier alpha value is -1.10. The van der Waals surface area contributed by atoms with Crippen LogP contribution in [0.1, 0.15) is 47.5 Å². The minimum atomic E-state index is -0.831. The first-order chi connectivity index (χ1) is 9.20. The molecule has 1 unspecified atom stereocenters. The fourth-order valence-electron chi connectivity index (χ4n) is 2.07. The van der Waals surface area contributed by atoms with Crippen molar-refractivity contribution in [1.82, 2.24) is 5.32 Å². The van der Waals surface area contributed by atoms with Crippen LogP contribution in [0.2, 0.25) is 0 Å². The van der Waals surface area contributed by atoms with E-state index in [1.54, 1.807) is 0 Å². The van der Waals surface area contributed by atoms with Gasteiger partial charge in [0.15, 0.2) is 0 Å². The van der Waals surface area contributed by atoms with Gasteiger partial charge in [0, 0.05) is 6.54 Å². The van der Waals surface area contributed by atoms with Crippen molar-refractivity contribution in [3.63, 3.8) is 0 Å². The molecule has 0 rings (SSSR count). The summed E-state index contributed by atoms with van der Waals surface area (Å²) < 4.78 is 0. The molecule has 0 aromatic heterocycles. The summed E-state index contributed by atoms with van der Waals surface area (Å²) in [5, 5.41) is 11.8. The molecule has 5 nitrogen and oxygen atoms in total. The highest BCUT2D eigenvalue weighted by atomic mass is 16.4. The topological polar surface area (TPSA) is 92.4 Å². The average molecular weight is 286 g/mol. The van der Waals surface area contributed by atoms with Gasteiger partial charge in [0.2, 0.25) is 5.91 Å². The number of carboxylic acids is 1. The summed E-state index contributed by atoms with van der Waals surface area (Å²) in [6, 6.07) is -0.528. The highest BCUT2D eigenvalue weighted by Crippen LogP contribution is 2.23. The molecule has 5 heteroatoms. The summed E-state index contributed by atoms with van der Waals surface area (Å²) in [5.41, 5.74) is 5.87. The Kier molecular flexibility index (Phi) is 8.46. The molecular formula is C15H30N2O3. The summed E-state index contributed by atoms with van der Waals surface area (Å²) in [6.45, 7) is 10.5. The maximum Gasteiger partial charge on any atom is 0.303 e. The molecule has 0 saturated carbocycles. The fourth-order valence-corrected chi connectivity index (χ4v) is 2.07. The van der Waals surface area contributed by atoms with Crippen LogP contribution in [0.15, 0.2) is 0 Å². The van der Waals surface area contributed by atoms with E-state index in [4.69, 9.17) is 10.8 Å². The van der Waals surface area contributed by atoms with Crippen LogP contribution in [-0.2, 0) is 9.59 Å². The van der Waals surface area contributed by atoms with Gasteiger partial charge in [-0.2, -0.15) is 0 Å². The van der Waals surface area contributed by atoms with E-state index in [2.05, 4.69) is 19.2 Å². The van der Waals surface area contributed by atoms with E-state index in [1.807, 2.05) is 20.8 Å². The van der Waals surface area contributed by atoms with E-state index in [9.17, 15) is 9.59 Å². The van der Waals surface area contributed by atoms with Crippen LogP contribution >= 0.6 is 0 Å². The van der Waals surface area contributed by atoms with Crippen LogP contribution in [0.5, 0.6) is 0 Å². The summed E-state index contributed by atoms with van der Waals surface area (Å²) in [7, 11) is 0. The van der Waals surface area contributed by atoms with Gasteiger partial charge in [-0.1, -0.05) is 41.0 Å². The molecule has 0 fully saturated rings. The van der Waals surface area contributed by atoms with Crippen molar-refractivity contribution in [2.75, 3.05) is 6.54 Å². The molecule has 0 heterocycles. The molecule has 0 aromatic rings. The minimum absolute atomic E-state index is 0.0677. The number of hydrogen-bond acceptors (Lipinski definition) is 3. The van der Waals surface area contributed by atoms with E-state index in [0.717, 1.165) is 6.42 Å². The number of hydrogen-bond donors (Lipinski definition) is 3. The third kappa shape index (κ3) is 6.37. The Morgan fingerprint density at radius 2 is 1.75 bits per heavy atom. The zero-order chi connectivity index (χ0) is 15.9. The second-order valence-corrected chi connectivity index (χ2v) is 6.12. The van der Waals surface area contributed by atoms with E-state index >= 15 is 0 Å². The SMILES string of the molecule is CCC(C)[C@H](N)C(=O)NC[C@H](CC(=O)O)[C@H](C)C(C)C. The zero-order valence-electron chi connectivity index (χ0n) is 13.3. The Morgan fingerprint density at radius 3 is 2.15 bits per heavy atom. The lowest BCUT2D eigenvalue weighted by molar-refractivity contribution is -0.139. The highest BCUT2D eigenvalue weighted by molar-refractivity contribution is 5.81. The first-order valence-electron chi connectivity index (χ1n) is 7.45. The van der Waals surface area contributed by atoms with Crippen LogP contribution in [0.25, 0.3) is 0 Å². The maximum atomic E-state index is 11.9. The molecule has 1 amide bonds. The monoisotopic (exact) mass is 286 g/mol. The van der Waals surface area contributed by atoms with Gasteiger partial charge in [0.1, 0.15) is 0 Å². The largest absolute Gasteiger partial charge is 0.481 e. The lowest BCUT2D eigenvalue weighted by atomic mass is 9.83. The second kappa shape index (κ2) is 8.95. The van der Waals surface area contributed by atoms with Crippen molar-refractivity contribution in [2.45, 2.75) is 53.5 Å². The lowest BCUT2D eigenvalue weighted by Gasteiger charge is -2.27. The lowest BCUT2D eigenvalue weighted by Crippen LogP contribution is -2.46. The third-order valence-corrected chi connectivity index (χ3v) is 4.33. The van der Waals surface area contributed by atoms with Gasteiger partial charge >= 0.3 is 5.97 Å². The predicted octanol–water partition coefficient (Wildman–Crippen LogP) is 1.86. The average Bonchev–Trinajstić information content (AvgIpc) is 2.39. The number of amides is 1. The maximum absolute atomic E-state index is 11.9. The molecule has 20 heavy (non-hydrogen) atoms. The predicted molar refractivity (Wildman–Crippen MR) is 80.2 cm³/mol. The number of carbonyl (C=O) groups excluding carboxylic acids is 1. The number of carbonyl (C=O) groups is 2. The van der Waals surface area contributed by atoms with Crippen molar-refractivity contribution in [3.05, 3.63) is 0 Å². The second-order valence-electron chi connectivity index (χ2n) is 6.12. The highest BCUT2D eigenvalue weighted by Gasteiger charge is 2.25. The van der Waals surface area contributed by atoms with Crippen LogP contribution < -0.4 is 11.1 Å². The summed E-state index contributed by atoms with van der Waals surface area (Å²) >= 11 is 0. The summed E-state index contributed by atoms with van der Waals surface area (Å²) in [6.07, 6.45) is 0.910. The molecule has 0 radical (unpaired) electrons. The van der Waals surface area contributed by atoms with Gasteiger partial charge in [-0.3, -0.25) is 9.59 Å². The van der Waals surface area contributed by atoms with Gasteiger partial charge < -0.3 is 16.2 Å². The Balaban J connectivity index is 4.53. The van der Waals surface area contributed by atoms with Gasteiger partial charge in [0.05, 0.1) is 12.5 Å². The van der Waals surface area contributed by atoms with Gasteiger partial charge in [-0.05, 0) is 23.7 Å². The molecule has 0 aromatic carbocycles. The first kappa shape index (κ1) is 18.9. The number of nitrogens with one attached hydrogen (secondary N) is 1. The van der Waals surface area contributed by atoms with Crippen LogP contribution in [0.3, 0.4) is 0 Å². The van der Waals surface area contributed by atoms with Crippen molar-refractivity contribution in [2.24, 2.45) is 29.4 Å². The molecule has 0 aliphatic carbocycles. The van der Waals surface area contributed by atoms with E-state index in [-0.39, 0.29) is 30.1 Å². The van der Waals surface area contributed by atoms with Gasteiger partial charge in [-0.15, -0.1) is 0 Å². The van der Waals surface area contributed by atoms with E-state index in [0.29, 0.717) is 12.5 Å². The smallest absolute Gasteiger partial charge is 0.303 e. The van der Waals surface area contributed by atoms with Gasteiger partial charge in [-0.25, -0.2) is 0 Å². The van der Waals surface area contributed by atoms with Crippen LogP contribution in [0, 0.1) is 23.7 Å². The van der Waals surface area contributed by atoms with Crippen LogP contribution in [0.4, 0.5) is 0 Å². The molecular weight excluding hydrogens is 256 g/mol. The Morgan fingerprint density at radius 1 is 1.20 bits per heavy atom. The molecule has 0 aliphatic rings. The standard InChI is InChI=1S/C15H30N2O3/c1-6-10(4)14(16)15(20)17-8-12(7-13(18)19)11(5)9(2)3/h9-12,14H,6-8,16H2,1-5H3,(H,17,20)(H,18,19)/t10?,11-,12+,14+/m1/s1. The number of aliphatic carboxylic acids is 1. The normalized spacial score (nSPS) is 17.4. The summed E-state index contributed by atoms with van der Waals surface area (Å²) in [5.74, 6) is -0.365. The quantitative estimate of drug-likeness (QED) is 0.603. The molecule has 0 bridgehead atoms. The van der Waals surface area contributed by atoms with Gasteiger partial charge in [0.25, 0.3) is 0 Å². The van der Waals surface area contributed by atoms with Crippen molar-refractivity contribution >= 4 is 11.9 Å². The van der Waals surface area contributed by atoms with E-state index < -0.39 is 12.0 Å². The van der Waals surface area contributed by atoms with Crippen molar-refractivity contribution < 1.29 is 14.7 Å². The number of carboxylic acid groups (broad SMARTS) is 1. The molecule has 4 atom stereocenters. The Labute approximate surface area is 122 Å². The molecule has 0 saturated heterocycles. The van der Waals surface area contributed by atoms with Crippen LogP contribution in [-0.4, -0.2) is 29.6 Å². The zero-order valence-corrected chi connectivity index (χ0v) is 13.3. The number of rotatable bonds is 9. The first-order valence-corrected chi connectivity index (χ1v) is 7.45. The van der Waals surface area contributed by atoms with Crippen molar-refractivity contribution in [1.29, 1.82) is 0 Å². The molecule has 0 spiro atoms. The molecule has 0 aliphatic heterocycles. The fraction of sp³-hybridized carbons (Fsp3) is 0.867. The minimum Gasteiger partial charge on any atom is -0.481 e. The van der Waals surface area contributed by atoms with Crippen molar-refractivity contribution in [3.8, 4) is 0 Å². The third-order valence-electron chi connectivity index (χ3n) is 4.33. The molecule has 4 N–H and O–H groups in total.